The van der Waals surface area contributed by atoms with Crippen LogP contribution in [0.2, 0.25) is 13.3 Å². The molecule has 0 unspecified atom stereocenters. The molecule has 2 heteroatoms. The molecule has 0 saturated carbocycles. The van der Waals surface area contributed by atoms with Gasteiger partial charge in [-0.05, 0) is 0 Å². The van der Waals surface area contributed by atoms with Gasteiger partial charge in [0.05, 0.1) is 0 Å². The first-order chi connectivity index (χ1) is 8.74. The van der Waals surface area contributed by atoms with Gasteiger partial charge < -0.3 is 0 Å². The Morgan fingerprint density at radius 2 is 1.00 bits per heavy atom. The van der Waals surface area contributed by atoms with E-state index in [1.54, 1.807) is 13.3 Å². The van der Waals surface area contributed by atoms with Gasteiger partial charge in [-0.1, -0.05) is 0 Å². The molecule has 0 aliphatic heterocycles. The van der Waals surface area contributed by atoms with Gasteiger partial charge in [-0.15, -0.1) is 0 Å². The van der Waals surface area contributed by atoms with E-state index in [0.717, 1.165) is 0 Å². The maximum atomic E-state index is 2.52. The Hall–Kier alpha value is 1.15. The molecular weight excluding hydrogens is 343 g/mol. The summed E-state index contributed by atoms with van der Waals surface area (Å²) >= 11 is -1.80. The average molecular weight is 379 g/mol. The third-order valence-corrected chi connectivity index (χ3v) is 26.9. The Morgan fingerprint density at radius 3 is 1.33 bits per heavy atom. The van der Waals surface area contributed by atoms with Crippen molar-refractivity contribution in [3.63, 3.8) is 0 Å². The summed E-state index contributed by atoms with van der Waals surface area (Å²) in [6, 6.07) is 0. The molecule has 0 saturated heterocycles. The van der Waals surface area contributed by atoms with Crippen molar-refractivity contribution in [2.75, 3.05) is 5.75 Å². The molecule has 0 radical (unpaired) electrons. The number of hydrogen-bond acceptors (Lipinski definition) is 1. The molecule has 0 heterocycles. The third kappa shape index (κ3) is 9.12. The van der Waals surface area contributed by atoms with Crippen LogP contribution in [0.3, 0.4) is 0 Å². The predicted molar refractivity (Wildman–Crippen MR) is 92.3 cm³/mol. The molecule has 0 fully saturated rings. The fraction of sp³-hybridized carbons (Fsp3) is 1.00. The van der Waals surface area contributed by atoms with Crippen LogP contribution in [0, 0.1) is 0 Å². The van der Waals surface area contributed by atoms with E-state index in [0.29, 0.717) is 0 Å². The van der Waals surface area contributed by atoms with Crippen LogP contribution in [0.1, 0.15) is 79.1 Å². The molecule has 0 aliphatic carbocycles. The van der Waals surface area contributed by atoms with Gasteiger partial charge in [0, 0.05) is 0 Å². The summed E-state index contributed by atoms with van der Waals surface area (Å²) in [7, 11) is 2.52. The molecule has 0 atom stereocenters. The summed E-state index contributed by atoms with van der Waals surface area (Å²) in [6.45, 7) is 9.44. The maximum absolute atomic E-state index is 2.52. The zero-order chi connectivity index (χ0) is 13.7. The van der Waals surface area contributed by atoms with Crippen LogP contribution in [0.15, 0.2) is 0 Å². The zero-order valence-electron chi connectivity index (χ0n) is 13.4. The number of rotatable bonds is 13. The van der Waals surface area contributed by atoms with Gasteiger partial charge >= 0.3 is 124 Å². The van der Waals surface area contributed by atoms with E-state index in [1.807, 2.05) is 0 Å². The summed E-state index contributed by atoms with van der Waals surface area (Å²) in [5, 5.41) is 0. The van der Waals surface area contributed by atoms with Gasteiger partial charge in [-0.2, -0.15) is 0 Å². The second-order valence-electron chi connectivity index (χ2n) is 5.70. The fourth-order valence-corrected chi connectivity index (χ4v) is 26.1. The first-order valence-electron chi connectivity index (χ1n) is 8.38. The Kier molecular flexibility index (Phi) is 14.0. The Balaban J connectivity index is 4.41. The monoisotopic (exact) mass is 380 g/mol. The average Bonchev–Trinajstić information content (AvgIpc) is 2.40. The van der Waals surface area contributed by atoms with Crippen molar-refractivity contribution >= 4 is 25.9 Å². The minimum absolute atomic E-state index is 1.38. The van der Waals surface area contributed by atoms with Crippen LogP contribution in [-0.4, -0.2) is 22.7 Å². The molecule has 0 rings (SSSR count). The van der Waals surface area contributed by atoms with Gasteiger partial charge in [0.25, 0.3) is 0 Å². The molecule has 0 N–H and O–H groups in total. The van der Waals surface area contributed by atoms with E-state index in [2.05, 4.69) is 36.6 Å². The number of hydrogen-bond donors (Lipinski definition) is 0. The third-order valence-electron chi connectivity index (χ3n) is 3.86. The van der Waals surface area contributed by atoms with E-state index in [4.69, 9.17) is 0 Å². The van der Waals surface area contributed by atoms with Crippen molar-refractivity contribution in [2.45, 2.75) is 92.4 Å². The van der Waals surface area contributed by atoms with E-state index in [-0.39, 0.29) is 0 Å². The molecule has 18 heavy (non-hydrogen) atoms. The molecule has 0 aromatic rings. The molecule has 111 valence electrons. The van der Waals surface area contributed by atoms with Crippen LogP contribution < -0.4 is 0 Å². The predicted octanol–water partition coefficient (Wildman–Crippen LogP) is 6.87. The number of unbranched alkanes of at least 4 members (excludes halogenated alkanes) is 4. The van der Waals surface area contributed by atoms with Crippen molar-refractivity contribution in [3.8, 4) is 0 Å². The standard InChI is InChI=1S/C4H10S.3C4H9.Sn/c1-2-3-4-5;3*1-3-4-2;/h5H,2-4H2,1H3;3*1,3-4H2,2H3;/p-1. The van der Waals surface area contributed by atoms with Crippen LogP contribution >= 0.6 is 8.95 Å². The molecule has 0 aromatic carbocycles. The van der Waals surface area contributed by atoms with Gasteiger partial charge in [0.2, 0.25) is 0 Å². The van der Waals surface area contributed by atoms with Crippen LogP contribution in [-0.2, 0) is 0 Å². The summed E-state index contributed by atoms with van der Waals surface area (Å²) in [6.07, 6.45) is 11.6. The molecule has 0 aliphatic rings. The zero-order valence-corrected chi connectivity index (χ0v) is 17.1. The van der Waals surface area contributed by atoms with Crippen LogP contribution in [0.25, 0.3) is 0 Å². The van der Waals surface area contributed by atoms with Crippen molar-refractivity contribution in [1.82, 2.24) is 0 Å². The van der Waals surface area contributed by atoms with Gasteiger partial charge in [0.1, 0.15) is 0 Å². The SMILES string of the molecule is CCCC[S][Sn-]([CH2]CCC)([CH2]CCC)[CH2]CCC. The topological polar surface area (TPSA) is 0 Å². The molecule has 0 bridgehead atoms. The van der Waals surface area contributed by atoms with Gasteiger partial charge in [0.15, 0.2) is 0 Å². The summed E-state index contributed by atoms with van der Waals surface area (Å²) < 4.78 is 5.00. The normalized spacial score (nSPS) is 12.0. The molecule has 0 spiro atoms. The van der Waals surface area contributed by atoms with E-state index < -0.39 is 17.0 Å². The van der Waals surface area contributed by atoms with E-state index in [1.165, 1.54) is 57.1 Å². The Labute approximate surface area is 123 Å². The van der Waals surface area contributed by atoms with Gasteiger partial charge in [-0.25, -0.2) is 0 Å². The molecule has 0 amide bonds. The van der Waals surface area contributed by atoms with Crippen LogP contribution in [0.4, 0.5) is 0 Å². The van der Waals surface area contributed by atoms with Gasteiger partial charge in [-0.3, -0.25) is 0 Å². The van der Waals surface area contributed by atoms with E-state index >= 15 is 0 Å². The minimum atomic E-state index is -1.80. The quantitative estimate of drug-likeness (QED) is 0.249. The second kappa shape index (κ2) is 13.1. The summed E-state index contributed by atoms with van der Waals surface area (Å²) in [5.41, 5.74) is 0. The van der Waals surface area contributed by atoms with E-state index in [9.17, 15) is 0 Å². The first-order valence-corrected chi connectivity index (χ1v) is 18.9. The Bertz CT molecular complexity index is 149. The molecule has 0 nitrogen and oxygen atoms in total. The van der Waals surface area contributed by atoms with Crippen molar-refractivity contribution in [2.24, 2.45) is 0 Å². The first kappa shape index (κ1) is 19.1. The molecule has 0 aromatic heterocycles. The fourth-order valence-electron chi connectivity index (χ4n) is 2.52. The van der Waals surface area contributed by atoms with Crippen molar-refractivity contribution in [3.05, 3.63) is 0 Å². The van der Waals surface area contributed by atoms with Crippen molar-refractivity contribution < 1.29 is 0 Å². The summed E-state index contributed by atoms with van der Waals surface area (Å²) in [5.74, 6) is 1.48. The van der Waals surface area contributed by atoms with Crippen LogP contribution in [0.5, 0.6) is 0 Å². The summed E-state index contributed by atoms with van der Waals surface area (Å²) in [4.78, 5) is 0. The Morgan fingerprint density at radius 1 is 0.611 bits per heavy atom. The second-order valence-corrected chi connectivity index (χ2v) is 25.7. The van der Waals surface area contributed by atoms with Crippen molar-refractivity contribution in [1.29, 1.82) is 0 Å². The molecular formula is C16H36SSn-.